The summed E-state index contributed by atoms with van der Waals surface area (Å²) in [5.74, 6) is -1.38. The maximum absolute atomic E-state index is 14.0. The number of benzene rings is 3. The Balaban J connectivity index is 1.92. The van der Waals surface area contributed by atoms with E-state index >= 15 is 0 Å². The minimum atomic E-state index is -0.825. The molecule has 0 unspecified atom stereocenters. The summed E-state index contributed by atoms with van der Waals surface area (Å²) in [5, 5.41) is 3.53. The highest BCUT2D eigenvalue weighted by Crippen LogP contribution is 2.24. The lowest BCUT2D eigenvalue weighted by Gasteiger charge is -2.31. The molecule has 1 N–H and O–H groups in total. The molecule has 3 aromatic carbocycles. The summed E-state index contributed by atoms with van der Waals surface area (Å²) in [7, 11) is 0. The van der Waals surface area contributed by atoms with Crippen LogP contribution in [0.2, 0.25) is 10.0 Å². The van der Waals surface area contributed by atoms with E-state index in [1.54, 1.807) is 24.3 Å². The number of ether oxygens (including phenoxy) is 1. The number of carbonyl (C=O) groups excluding carboxylic acids is 2. The van der Waals surface area contributed by atoms with E-state index in [1.165, 1.54) is 23.1 Å². The molecular formula is C26H25Cl2FN2O3. The van der Waals surface area contributed by atoms with E-state index in [2.05, 4.69) is 5.32 Å². The third-order valence-electron chi connectivity index (χ3n) is 5.15. The fraction of sp³-hybridized carbons (Fsp3) is 0.231. The van der Waals surface area contributed by atoms with Gasteiger partial charge in [-0.3, -0.25) is 9.59 Å². The second-order valence-electron chi connectivity index (χ2n) is 7.59. The predicted molar refractivity (Wildman–Crippen MR) is 132 cm³/mol. The Kier molecular flexibility index (Phi) is 9.31. The third kappa shape index (κ3) is 6.95. The van der Waals surface area contributed by atoms with Gasteiger partial charge in [-0.05, 0) is 42.3 Å². The molecule has 3 rings (SSSR count). The number of hydrogen-bond acceptors (Lipinski definition) is 3. The lowest BCUT2D eigenvalue weighted by molar-refractivity contribution is -0.142. The van der Waals surface area contributed by atoms with E-state index in [9.17, 15) is 14.0 Å². The molecule has 0 aliphatic rings. The Bertz CT molecular complexity index is 1130. The molecule has 2 amide bonds. The molecule has 1 atom stereocenters. The molecule has 0 radical (unpaired) electrons. The molecule has 0 saturated heterocycles. The second kappa shape index (κ2) is 12.4. The van der Waals surface area contributed by atoms with Gasteiger partial charge in [-0.1, -0.05) is 71.7 Å². The number of nitrogens with zero attached hydrogens (tertiary/aromatic N) is 1. The van der Waals surface area contributed by atoms with Crippen LogP contribution in [0.4, 0.5) is 4.39 Å². The van der Waals surface area contributed by atoms with E-state index in [-0.39, 0.29) is 18.2 Å². The summed E-state index contributed by atoms with van der Waals surface area (Å²) in [6.07, 6.45) is 0.291. The molecule has 178 valence electrons. The van der Waals surface area contributed by atoms with Crippen LogP contribution in [0.5, 0.6) is 5.75 Å². The first kappa shape index (κ1) is 25.5. The van der Waals surface area contributed by atoms with Gasteiger partial charge in [0.15, 0.2) is 18.2 Å². The quantitative estimate of drug-likeness (QED) is 0.409. The molecule has 34 heavy (non-hydrogen) atoms. The van der Waals surface area contributed by atoms with Crippen molar-refractivity contribution in [3.8, 4) is 5.75 Å². The summed E-state index contributed by atoms with van der Waals surface area (Å²) in [6.45, 7) is 1.87. The first-order valence-electron chi connectivity index (χ1n) is 10.8. The number of halogens is 3. The number of hydrogen-bond donors (Lipinski definition) is 1. The predicted octanol–water partition coefficient (Wildman–Crippen LogP) is 5.29. The van der Waals surface area contributed by atoms with Crippen LogP contribution < -0.4 is 10.1 Å². The van der Waals surface area contributed by atoms with Crippen LogP contribution in [0.15, 0.2) is 72.8 Å². The van der Waals surface area contributed by atoms with Crippen molar-refractivity contribution in [2.75, 3.05) is 13.2 Å². The van der Waals surface area contributed by atoms with Crippen molar-refractivity contribution in [2.24, 2.45) is 0 Å². The van der Waals surface area contributed by atoms with Gasteiger partial charge in [0, 0.05) is 19.5 Å². The lowest BCUT2D eigenvalue weighted by atomic mass is 10.0. The van der Waals surface area contributed by atoms with Crippen LogP contribution in [0.3, 0.4) is 0 Å². The average Bonchev–Trinajstić information content (AvgIpc) is 2.83. The topological polar surface area (TPSA) is 58.6 Å². The summed E-state index contributed by atoms with van der Waals surface area (Å²) in [4.78, 5) is 27.9. The van der Waals surface area contributed by atoms with Crippen LogP contribution in [0.1, 0.15) is 18.1 Å². The summed E-state index contributed by atoms with van der Waals surface area (Å²) < 4.78 is 19.5. The maximum Gasteiger partial charge on any atom is 0.261 e. The molecule has 0 aromatic heterocycles. The van der Waals surface area contributed by atoms with Crippen LogP contribution in [0, 0.1) is 5.82 Å². The number of likely N-dealkylation sites (N-methyl/N-ethyl adjacent to an activating group) is 1. The van der Waals surface area contributed by atoms with Crippen LogP contribution in [-0.2, 0) is 22.6 Å². The van der Waals surface area contributed by atoms with Gasteiger partial charge in [0.2, 0.25) is 5.91 Å². The van der Waals surface area contributed by atoms with Gasteiger partial charge in [0.25, 0.3) is 5.91 Å². The van der Waals surface area contributed by atoms with Crippen LogP contribution >= 0.6 is 23.2 Å². The monoisotopic (exact) mass is 502 g/mol. The van der Waals surface area contributed by atoms with Crippen molar-refractivity contribution < 1.29 is 18.7 Å². The molecule has 5 nitrogen and oxygen atoms in total. The smallest absolute Gasteiger partial charge is 0.261 e. The maximum atomic E-state index is 14.0. The summed E-state index contributed by atoms with van der Waals surface area (Å²) in [5.41, 5.74) is 1.58. The van der Waals surface area contributed by atoms with E-state index in [4.69, 9.17) is 27.9 Å². The highest BCUT2D eigenvalue weighted by molar-refractivity contribution is 6.42. The molecule has 0 saturated carbocycles. The van der Waals surface area contributed by atoms with Gasteiger partial charge in [-0.2, -0.15) is 0 Å². The van der Waals surface area contributed by atoms with E-state index in [0.717, 1.165) is 5.56 Å². The fourth-order valence-electron chi connectivity index (χ4n) is 3.46. The normalized spacial score (nSPS) is 11.5. The summed E-state index contributed by atoms with van der Waals surface area (Å²) in [6, 6.07) is 19.4. The van der Waals surface area contributed by atoms with Gasteiger partial charge >= 0.3 is 0 Å². The highest BCUT2D eigenvalue weighted by Gasteiger charge is 2.30. The first-order chi connectivity index (χ1) is 16.4. The number of carbonyl (C=O) groups is 2. The minimum absolute atomic E-state index is 0.0389. The van der Waals surface area contributed by atoms with Crippen LogP contribution in [-0.4, -0.2) is 35.9 Å². The lowest BCUT2D eigenvalue weighted by Crippen LogP contribution is -2.51. The number of nitrogens with one attached hydrogen (secondary N) is 1. The number of amides is 2. The molecule has 0 aliphatic heterocycles. The van der Waals surface area contributed by atoms with Crippen LogP contribution in [0.25, 0.3) is 0 Å². The zero-order chi connectivity index (χ0) is 24.5. The van der Waals surface area contributed by atoms with E-state index < -0.39 is 24.4 Å². The van der Waals surface area contributed by atoms with Crippen molar-refractivity contribution in [1.82, 2.24) is 10.2 Å². The summed E-state index contributed by atoms with van der Waals surface area (Å²) >= 11 is 12.2. The molecule has 0 spiro atoms. The van der Waals surface area contributed by atoms with Crippen molar-refractivity contribution in [1.29, 1.82) is 0 Å². The first-order valence-corrected chi connectivity index (χ1v) is 11.6. The van der Waals surface area contributed by atoms with Crippen molar-refractivity contribution in [3.05, 3.63) is 99.8 Å². The number of rotatable bonds is 10. The molecule has 0 heterocycles. The SMILES string of the molecule is CCNC(=O)[C@H](Cc1ccccc1)N(Cc1ccc(Cl)c(Cl)c1)C(=O)COc1ccccc1F. The van der Waals surface area contributed by atoms with Gasteiger partial charge < -0.3 is 15.0 Å². The Hall–Kier alpha value is -3.09. The van der Waals surface area contributed by atoms with Gasteiger partial charge in [0.05, 0.1) is 10.0 Å². The molecule has 0 fully saturated rings. The zero-order valence-corrected chi connectivity index (χ0v) is 20.2. The minimum Gasteiger partial charge on any atom is -0.481 e. The standard InChI is InChI=1S/C26H25Cl2FN2O3/c1-2-30-26(33)23(15-18-8-4-3-5-9-18)31(16-19-12-13-20(27)21(28)14-19)25(32)17-34-24-11-7-6-10-22(24)29/h3-14,23H,2,15-17H2,1H3,(H,30,33)/t23-/m0/s1. The van der Waals surface area contributed by atoms with Crippen molar-refractivity contribution >= 4 is 35.0 Å². The second-order valence-corrected chi connectivity index (χ2v) is 8.40. The third-order valence-corrected chi connectivity index (χ3v) is 5.89. The Labute approximate surface area is 208 Å². The van der Waals surface area contributed by atoms with E-state index in [1.807, 2.05) is 37.3 Å². The largest absolute Gasteiger partial charge is 0.481 e. The molecule has 0 bridgehead atoms. The van der Waals surface area contributed by atoms with Gasteiger partial charge in [-0.25, -0.2) is 4.39 Å². The number of para-hydroxylation sites is 1. The Morgan fingerprint density at radius 2 is 1.68 bits per heavy atom. The van der Waals surface area contributed by atoms with Crippen molar-refractivity contribution in [3.63, 3.8) is 0 Å². The fourth-order valence-corrected chi connectivity index (χ4v) is 3.79. The van der Waals surface area contributed by atoms with E-state index in [0.29, 0.717) is 28.6 Å². The Morgan fingerprint density at radius 1 is 0.971 bits per heavy atom. The van der Waals surface area contributed by atoms with Gasteiger partial charge in [0.1, 0.15) is 6.04 Å². The van der Waals surface area contributed by atoms with Gasteiger partial charge in [-0.15, -0.1) is 0 Å². The average molecular weight is 503 g/mol. The zero-order valence-electron chi connectivity index (χ0n) is 18.6. The molecule has 3 aromatic rings. The molecular weight excluding hydrogens is 478 g/mol. The molecule has 0 aliphatic carbocycles. The highest BCUT2D eigenvalue weighted by atomic mass is 35.5. The van der Waals surface area contributed by atoms with Crippen molar-refractivity contribution in [2.45, 2.75) is 25.9 Å². The Morgan fingerprint density at radius 3 is 2.35 bits per heavy atom. The molecule has 8 heteroatoms.